The zero-order chi connectivity index (χ0) is 13.1. The van der Waals surface area contributed by atoms with E-state index in [2.05, 4.69) is 5.32 Å². The van der Waals surface area contributed by atoms with Crippen LogP contribution in [0.5, 0.6) is 0 Å². The molecule has 1 amide bonds. The average molecular weight is 269 g/mol. The number of nitrogens with one attached hydrogen (secondary N) is 1. The Kier molecular flexibility index (Phi) is 4.09. The molecule has 0 radical (unpaired) electrons. The third-order valence-corrected chi connectivity index (χ3v) is 3.60. The van der Waals surface area contributed by atoms with Crippen molar-refractivity contribution in [3.05, 3.63) is 28.8 Å². The van der Waals surface area contributed by atoms with Crippen molar-refractivity contribution in [3.63, 3.8) is 0 Å². The molecule has 1 aliphatic heterocycles. The molecule has 1 aromatic carbocycles. The number of hydrogen-bond acceptors (Lipinski definition) is 3. The van der Waals surface area contributed by atoms with Crippen molar-refractivity contribution in [2.24, 2.45) is 5.92 Å². The molecule has 5 heteroatoms. The number of carbonyl (C=O) groups is 1. The predicted octanol–water partition coefficient (Wildman–Crippen LogP) is 2.08. The molecule has 2 unspecified atom stereocenters. The molecule has 0 aromatic heterocycles. The predicted molar refractivity (Wildman–Crippen MR) is 71.7 cm³/mol. The molecule has 0 saturated carbocycles. The SMILES string of the molecule is CC(NC(=O)c1cc(N)ccc1Cl)C1CCOC1. The lowest BCUT2D eigenvalue weighted by atomic mass is 10.0. The molecule has 1 fully saturated rings. The fourth-order valence-corrected chi connectivity index (χ4v) is 2.27. The van der Waals surface area contributed by atoms with Gasteiger partial charge in [-0.1, -0.05) is 11.6 Å². The van der Waals surface area contributed by atoms with Crippen molar-refractivity contribution < 1.29 is 9.53 Å². The standard InChI is InChI=1S/C13H17ClN2O2/c1-8(9-4-5-18-7-9)16-13(17)11-6-10(15)2-3-12(11)14/h2-3,6,8-9H,4-5,7,15H2,1H3,(H,16,17). The van der Waals surface area contributed by atoms with Crippen LogP contribution < -0.4 is 11.1 Å². The Morgan fingerprint density at radius 2 is 2.39 bits per heavy atom. The number of halogens is 1. The van der Waals surface area contributed by atoms with Gasteiger partial charge in [0.05, 0.1) is 17.2 Å². The number of hydrogen-bond donors (Lipinski definition) is 2. The van der Waals surface area contributed by atoms with Crippen molar-refractivity contribution in [2.45, 2.75) is 19.4 Å². The summed E-state index contributed by atoms with van der Waals surface area (Å²) in [4.78, 5) is 12.1. The summed E-state index contributed by atoms with van der Waals surface area (Å²) in [6, 6.07) is 4.97. The van der Waals surface area contributed by atoms with Crippen LogP contribution in [0.3, 0.4) is 0 Å². The van der Waals surface area contributed by atoms with E-state index < -0.39 is 0 Å². The molecule has 1 aromatic rings. The number of amides is 1. The van der Waals surface area contributed by atoms with Crippen LogP contribution >= 0.6 is 11.6 Å². The normalized spacial score (nSPS) is 20.7. The highest BCUT2D eigenvalue weighted by molar-refractivity contribution is 6.34. The highest BCUT2D eigenvalue weighted by atomic mass is 35.5. The molecule has 4 nitrogen and oxygen atoms in total. The molecule has 98 valence electrons. The van der Waals surface area contributed by atoms with Crippen molar-refractivity contribution in [2.75, 3.05) is 18.9 Å². The second-order valence-corrected chi connectivity index (χ2v) is 5.03. The van der Waals surface area contributed by atoms with Crippen LogP contribution in [0.15, 0.2) is 18.2 Å². The van der Waals surface area contributed by atoms with E-state index in [1.165, 1.54) is 0 Å². The second kappa shape index (κ2) is 5.59. The Morgan fingerprint density at radius 3 is 3.06 bits per heavy atom. The summed E-state index contributed by atoms with van der Waals surface area (Å²) in [5.41, 5.74) is 6.61. The van der Waals surface area contributed by atoms with E-state index in [-0.39, 0.29) is 11.9 Å². The zero-order valence-electron chi connectivity index (χ0n) is 10.3. The first-order chi connectivity index (χ1) is 8.58. The Balaban J connectivity index is 2.04. The summed E-state index contributed by atoms with van der Waals surface area (Å²) in [5, 5.41) is 3.36. The first-order valence-corrected chi connectivity index (χ1v) is 6.39. The number of nitrogen functional groups attached to an aromatic ring is 1. The van der Waals surface area contributed by atoms with Gasteiger partial charge in [0.1, 0.15) is 0 Å². The summed E-state index contributed by atoms with van der Waals surface area (Å²) >= 11 is 5.99. The number of carbonyl (C=O) groups excluding carboxylic acids is 1. The monoisotopic (exact) mass is 268 g/mol. The molecule has 3 N–H and O–H groups in total. The summed E-state index contributed by atoms with van der Waals surface area (Å²) < 4.78 is 5.31. The molecule has 2 rings (SSSR count). The average Bonchev–Trinajstić information content (AvgIpc) is 2.85. The molecular formula is C13H17ClN2O2. The number of anilines is 1. The van der Waals surface area contributed by atoms with Gasteiger partial charge < -0.3 is 15.8 Å². The summed E-state index contributed by atoms with van der Waals surface area (Å²) in [7, 11) is 0. The number of rotatable bonds is 3. The summed E-state index contributed by atoms with van der Waals surface area (Å²) in [6.07, 6.45) is 0.978. The van der Waals surface area contributed by atoms with Gasteiger partial charge in [-0.2, -0.15) is 0 Å². The fraction of sp³-hybridized carbons (Fsp3) is 0.462. The number of nitrogens with two attached hydrogens (primary N) is 1. The van der Waals surface area contributed by atoms with Gasteiger partial charge in [-0.05, 0) is 31.5 Å². The van der Waals surface area contributed by atoms with Crippen LogP contribution in [0.1, 0.15) is 23.7 Å². The molecule has 2 atom stereocenters. The van der Waals surface area contributed by atoms with E-state index in [4.69, 9.17) is 22.1 Å². The van der Waals surface area contributed by atoms with Gasteiger partial charge in [-0.15, -0.1) is 0 Å². The third-order valence-electron chi connectivity index (χ3n) is 3.27. The van der Waals surface area contributed by atoms with Crippen LogP contribution in [0.2, 0.25) is 5.02 Å². The van der Waals surface area contributed by atoms with Gasteiger partial charge >= 0.3 is 0 Å². The van der Waals surface area contributed by atoms with Gasteiger partial charge in [0, 0.05) is 24.3 Å². The van der Waals surface area contributed by atoms with Crippen molar-refractivity contribution in [1.29, 1.82) is 0 Å². The van der Waals surface area contributed by atoms with E-state index in [0.29, 0.717) is 28.8 Å². The molecule has 0 spiro atoms. The van der Waals surface area contributed by atoms with Crippen molar-refractivity contribution >= 4 is 23.2 Å². The Hall–Kier alpha value is -1.26. The van der Waals surface area contributed by atoms with Gasteiger partial charge in [0.15, 0.2) is 0 Å². The van der Waals surface area contributed by atoms with Crippen LogP contribution in [-0.2, 0) is 4.74 Å². The minimum atomic E-state index is -0.188. The van der Waals surface area contributed by atoms with Gasteiger partial charge in [0.25, 0.3) is 5.91 Å². The largest absolute Gasteiger partial charge is 0.399 e. The first kappa shape index (κ1) is 13.2. The van der Waals surface area contributed by atoms with E-state index >= 15 is 0 Å². The lowest BCUT2D eigenvalue weighted by molar-refractivity contribution is 0.0922. The maximum Gasteiger partial charge on any atom is 0.253 e. The molecule has 1 aliphatic rings. The van der Waals surface area contributed by atoms with Crippen LogP contribution in [-0.4, -0.2) is 25.2 Å². The Bertz CT molecular complexity index is 445. The maximum absolute atomic E-state index is 12.1. The molecule has 1 saturated heterocycles. The Morgan fingerprint density at radius 1 is 1.61 bits per heavy atom. The molecule has 0 bridgehead atoms. The van der Waals surface area contributed by atoms with Crippen LogP contribution in [0, 0.1) is 5.92 Å². The smallest absolute Gasteiger partial charge is 0.253 e. The summed E-state index contributed by atoms with van der Waals surface area (Å²) in [6.45, 7) is 3.45. The quantitative estimate of drug-likeness (QED) is 0.825. The molecular weight excluding hydrogens is 252 g/mol. The lowest BCUT2D eigenvalue weighted by Gasteiger charge is -2.19. The van der Waals surface area contributed by atoms with E-state index in [9.17, 15) is 4.79 Å². The van der Waals surface area contributed by atoms with E-state index in [1.54, 1.807) is 18.2 Å². The number of ether oxygens (including phenoxy) is 1. The first-order valence-electron chi connectivity index (χ1n) is 6.01. The minimum absolute atomic E-state index is 0.0671. The molecule has 18 heavy (non-hydrogen) atoms. The van der Waals surface area contributed by atoms with Crippen molar-refractivity contribution in [3.8, 4) is 0 Å². The summed E-state index contributed by atoms with van der Waals surface area (Å²) in [5.74, 6) is 0.181. The van der Waals surface area contributed by atoms with Gasteiger partial charge in [0.2, 0.25) is 0 Å². The second-order valence-electron chi connectivity index (χ2n) is 4.63. The lowest BCUT2D eigenvalue weighted by Crippen LogP contribution is -2.38. The van der Waals surface area contributed by atoms with Crippen LogP contribution in [0.4, 0.5) is 5.69 Å². The fourth-order valence-electron chi connectivity index (χ4n) is 2.07. The van der Waals surface area contributed by atoms with Gasteiger partial charge in [-0.3, -0.25) is 4.79 Å². The van der Waals surface area contributed by atoms with Crippen LogP contribution in [0.25, 0.3) is 0 Å². The number of benzene rings is 1. The topological polar surface area (TPSA) is 64.4 Å². The highest BCUT2D eigenvalue weighted by Gasteiger charge is 2.24. The highest BCUT2D eigenvalue weighted by Crippen LogP contribution is 2.20. The molecule has 1 heterocycles. The molecule has 0 aliphatic carbocycles. The Labute approximate surface area is 111 Å². The van der Waals surface area contributed by atoms with E-state index in [1.807, 2.05) is 6.92 Å². The maximum atomic E-state index is 12.1. The van der Waals surface area contributed by atoms with Crippen molar-refractivity contribution in [1.82, 2.24) is 5.32 Å². The van der Waals surface area contributed by atoms with Gasteiger partial charge in [-0.25, -0.2) is 0 Å². The minimum Gasteiger partial charge on any atom is -0.399 e. The third kappa shape index (κ3) is 2.94. The van der Waals surface area contributed by atoms with E-state index in [0.717, 1.165) is 13.0 Å². The zero-order valence-corrected chi connectivity index (χ0v) is 11.0.